The van der Waals surface area contributed by atoms with Crippen molar-refractivity contribution in [3.05, 3.63) is 77.1 Å². The zero-order valence-electron chi connectivity index (χ0n) is 17.0. The van der Waals surface area contributed by atoms with Crippen LogP contribution >= 0.6 is 0 Å². The van der Waals surface area contributed by atoms with Crippen LogP contribution in [0, 0.1) is 23.4 Å². The Labute approximate surface area is 177 Å². The number of ether oxygens (including phenoxy) is 2. The van der Waals surface area contributed by atoms with Gasteiger partial charge in [0.1, 0.15) is 28.8 Å². The van der Waals surface area contributed by atoms with Crippen molar-refractivity contribution in [1.82, 2.24) is 5.32 Å². The fraction of sp³-hybridized carbons (Fsp3) is 0.304. The minimum atomic E-state index is -1.28. The van der Waals surface area contributed by atoms with Gasteiger partial charge in [-0.1, -0.05) is 24.3 Å². The summed E-state index contributed by atoms with van der Waals surface area (Å²) < 4.78 is 51.4. The molecule has 31 heavy (non-hydrogen) atoms. The highest BCUT2D eigenvalue weighted by Crippen LogP contribution is 2.36. The van der Waals surface area contributed by atoms with Gasteiger partial charge in [0.25, 0.3) is 5.91 Å². The molecule has 1 aliphatic rings. The second-order valence-corrected chi connectivity index (χ2v) is 7.12. The molecule has 3 unspecified atom stereocenters. The van der Waals surface area contributed by atoms with Crippen molar-refractivity contribution in [2.45, 2.75) is 25.3 Å². The number of halogens is 3. The Kier molecular flexibility index (Phi) is 6.99. The Bertz CT molecular complexity index is 985. The standard InChI is InChI=1S/C23H22F3NO4/c1-3-31-23(29)20(13-5-4-6-17(10-13)30-2)14-7-8-16(9-14)27-22(28)21-18(25)11-15(24)12-19(21)26/h4-8,10-12,14,16,20H,3,9H2,1-2H3,(H,27,28). The summed E-state index contributed by atoms with van der Waals surface area (Å²) in [6, 6.07) is 7.38. The first-order valence-corrected chi connectivity index (χ1v) is 9.78. The first kappa shape index (κ1) is 22.4. The quantitative estimate of drug-likeness (QED) is 0.527. The zero-order chi connectivity index (χ0) is 22.5. The average Bonchev–Trinajstić information content (AvgIpc) is 3.15. The van der Waals surface area contributed by atoms with Crippen molar-refractivity contribution in [3.63, 3.8) is 0 Å². The van der Waals surface area contributed by atoms with Crippen molar-refractivity contribution in [2.24, 2.45) is 5.92 Å². The molecule has 1 aliphatic carbocycles. The summed E-state index contributed by atoms with van der Waals surface area (Å²) in [6.45, 7) is 1.92. The number of hydrogen-bond acceptors (Lipinski definition) is 4. The Morgan fingerprint density at radius 1 is 1.13 bits per heavy atom. The van der Waals surface area contributed by atoms with E-state index >= 15 is 0 Å². The molecule has 0 aliphatic heterocycles. The molecule has 3 rings (SSSR count). The maximum Gasteiger partial charge on any atom is 0.314 e. The van der Waals surface area contributed by atoms with E-state index in [9.17, 15) is 22.8 Å². The van der Waals surface area contributed by atoms with Gasteiger partial charge < -0.3 is 14.8 Å². The molecule has 5 nitrogen and oxygen atoms in total. The predicted molar refractivity (Wildman–Crippen MR) is 107 cm³/mol. The molecule has 0 heterocycles. The molecule has 1 N–H and O–H groups in total. The van der Waals surface area contributed by atoms with E-state index in [1.807, 2.05) is 0 Å². The molecular weight excluding hydrogens is 411 g/mol. The number of rotatable bonds is 7. The Morgan fingerprint density at radius 2 is 1.84 bits per heavy atom. The minimum Gasteiger partial charge on any atom is -0.497 e. The number of methoxy groups -OCH3 is 1. The van der Waals surface area contributed by atoms with Crippen LogP contribution in [0.4, 0.5) is 13.2 Å². The topological polar surface area (TPSA) is 64.6 Å². The fourth-order valence-corrected chi connectivity index (χ4v) is 3.71. The highest BCUT2D eigenvalue weighted by Gasteiger charge is 2.35. The molecule has 0 bridgehead atoms. The summed E-state index contributed by atoms with van der Waals surface area (Å²) in [6.07, 6.45) is 3.74. The van der Waals surface area contributed by atoms with Crippen LogP contribution in [0.1, 0.15) is 35.2 Å². The lowest BCUT2D eigenvalue weighted by Gasteiger charge is -2.23. The van der Waals surface area contributed by atoms with Gasteiger partial charge in [-0.3, -0.25) is 9.59 Å². The summed E-state index contributed by atoms with van der Waals surface area (Å²) in [4.78, 5) is 25.0. The van der Waals surface area contributed by atoms with E-state index < -0.39 is 46.9 Å². The van der Waals surface area contributed by atoms with Gasteiger partial charge in [-0.15, -0.1) is 0 Å². The number of carbonyl (C=O) groups excluding carboxylic acids is 2. The van der Waals surface area contributed by atoms with Crippen LogP contribution in [0.2, 0.25) is 0 Å². The van der Waals surface area contributed by atoms with Crippen LogP contribution in [-0.4, -0.2) is 31.6 Å². The van der Waals surface area contributed by atoms with Crippen LogP contribution in [-0.2, 0) is 9.53 Å². The van der Waals surface area contributed by atoms with E-state index in [0.29, 0.717) is 29.9 Å². The molecule has 0 radical (unpaired) electrons. The van der Waals surface area contributed by atoms with Crippen LogP contribution in [0.15, 0.2) is 48.6 Å². The van der Waals surface area contributed by atoms with Gasteiger partial charge in [-0.2, -0.15) is 0 Å². The lowest BCUT2D eigenvalue weighted by molar-refractivity contribution is -0.146. The number of esters is 1. The Morgan fingerprint density at radius 3 is 2.48 bits per heavy atom. The third-order valence-electron chi connectivity index (χ3n) is 5.09. The predicted octanol–water partition coefficient (Wildman–Crippen LogP) is 4.13. The van der Waals surface area contributed by atoms with Crippen molar-refractivity contribution >= 4 is 11.9 Å². The zero-order valence-corrected chi connectivity index (χ0v) is 17.0. The monoisotopic (exact) mass is 433 g/mol. The molecule has 164 valence electrons. The number of nitrogens with one attached hydrogen (secondary N) is 1. The summed E-state index contributed by atoms with van der Waals surface area (Å²) in [5, 5.41) is 2.52. The third kappa shape index (κ3) is 5.07. The molecule has 0 saturated carbocycles. The van der Waals surface area contributed by atoms with Gasteiger partial charge in [0.15, 0.2) is 0 Å². The van der Waals surface area contributed by atoms with E-state index in [2.05, 4.69) is 5.32 Å². The molecular formula is C23H22F3NO4. The molecule has 2 aromatic carbocycles. The third-order valence-corrected chi connectivity index (χ3v) is 5.09. The van der Waals surface area contributed by atoms with Crippen LogP contribution < -0.4 is 10.1 Å². The largest absolute Gasteiger partial charge is 0.497 e. The normalized spacial score (nSPS) is 18.5. The Hall–Kier alpha value is -3.29. The molecule has 0 aromatic heterocycles. The van der Waals surface area contributed by atoms with E-state index in [0.717, 1.165) is 0 Å². The molecule has 8 heteroatoms. The second-order valence-electron chi connectivity index (χ2n) is 7.12. The number of amides is 1. The molecule has 0 spiro atoms. The first-order chi connectivity index (χ1) is 14.8. The fourth-order valence-electron chi connectivity index (χ4n) is 3.71. The van der Waals surface area contributed by atoms with Crippen LogP contribution in [0.5, 0.6) is 5.75 Å². The molecule has 2 aromatic rings. The minimum absolute atomic E-state index is 0.207. The average molecular weight is 433 g/mol. The van der Waals surface area contributed by atoms with Crippen LogP contribution in [0.25, 0.3) is 0 Å². The van der Waals surface area contributed by atoms with E-state index in [1.54, 1.807) is 43.3 Å². The smallest absolute Gasteiger partial charge is 0.314 e. The summed E-state index contributed by atoms with van der Waals surface area (Å²) >= 11 is 0. The number of carbonyl (C=O) groups is 2. The van der Waals surface area contributed by atoms with Gasteiger partial charge in [0, 0.05) is 18.2 Å². The maximum atomic E-state index is 13.9. The van der Waals surface area contributed by atoms with Crippen molar-refractivity contribution in [1.29, 1.82) is 0 Å². The van der Waals surface area contributed by atoms with Crippen molar-refractivity contribution in [3.8, 4) is 5.75 Å². The maximum absolute atomic E-state index is 13.9. The van der Waals surface area contributed by atoms with E-state index in [4.69, 9.17) is 9.47 Å². The van der Waals surface area contributed by atoms with Gasteiger partial charge in [0.05, 0.1) is 19.6 Å². The van der Waals surface area contributed by atoms with E-state index in [-0.39, 0.29) is 12.5 Å². The molecule has 1 amide bonds. The van der Waals surface area contributed by atoms with Gasteiger partial charge in [-0.25, -0.2) is 13.2 Å². The van der Waals surface area contributed by atoms with Gasteiger partial charge in [-0.05, 0) is 37.0 Å². The van der Waals surface area contributed by atoms with Gasteiger partial charge >= 0.3 is 5.97 Å². The van der Waals surface area contributed by atoms with Crippen LogP contribution in [0.3, 0.4) is 0 Å². The number of hydrogen-bond donors (Lipinski definition) is 1. The SMILES string of the molecule is CCOC(=O)C(c1cccc(OC)c1)C1C=CC(NC(=O)c2c(F)cc(F)cc2F)C1. The Balaban J connectivity index is 1.77. The van der Waals surface area contributed by atoms with Crippen molar-refractivity contribution in [2.75, 3.05) is 13.7 Å². The lowest BCUT2D eigenvalue weighted by Crippen LogP contribution is -2.35. The van der Waals surface area contributed by atoms with Gasteiger partial charge in [0.2, 0.25) is 0 Å². The molecule has 0 fully saturated rings. The first-order valence-electron chi connectivity index (χ1n) is 9.78. The summed E-state index contributed by atoms with van der Waals surface area (Å²) in [5.41, 5.74) is -0.164. The molecule has 0 saturated heterocycles. The highest BCUT2D eigenvalue weighted by molar-refractivity contribution is 5.95. The second kappa shape index (κ2) is 9.68. The molecule has 3 atom stereocenters. The lowest BCUT2D eigenvalue weighted by atomic mass is 9.85. The highest BCUT2D eigenvalue weighted by atomic mass is 19.1. The summed E-state index contributed by atoms with van der Waals surface area (Å²) in [5.74, 6) is -5.48. The number of benzene rings is 2. The van der Waals surface area contributed by atoms with E-state index in [1.165, 1.54) is 7.11 Å². The number of allylic oxidation sites excluding steroid dienone is 1. The van der Waals surface area contributed by atoms with Crippen molar-refractivity contribution < 1.29 is 32.2 Å². The summed E-state index contributed by atoms with van der Waals surface area (Å²) in [7, 11) is 1.52.